The van der Waals surface area contributed by atoms with Gasteiger partial charge >= 0.3 is 0 Å². The predicted molar refractivity (Wildman–Crippen MR) is 69.9 cm³/mol. The van der Waals surface area contributed by atoms with Crippen LogP contribution in [0.5, 0.6) is 0 Å². The zero-order valence-corrected chi connectivity index (χ0v) is 10.5. The molecular formula is C14H20N2O. The van der Waals surface area contributed by atoms with Crippen molar-refractivity contribution < 1.29 is 4.79 Å². The summed E-state index contributed by atoms with van der Waals surface area (Å²) in [6.07, 6.45) is 2.79. The van der Waals surface area contributed by atoms with E-state index in [9.17, 15) is 4.79 Å². The predicted octanol–water partition coefficient (Wildman–Crippen LogP) is 2.37. The van der Waals surface area contributed by atoms with Crippen LogP contribution in [0.4, 0.5) is 5.69 Å². The van der Waals surface area contributed by atoms with Crippen LogP contribution in [0.1, 0.15) is 30.4 Å². The number of aryl methyl sites for hydroxylation is 1. The van der Waals surface area contributed by atoms with Gasteiger partial charge in [-0.2, -0.15) is 0 Å². The first-order valence-electron chi connectivity index (χ1n) is 6.19. The molecule has 3 heteroatoms. The molecule has 1 saturated carbocycles. The Morgan fingerprint density at radius 1 is 1.47 bits per heavy atom. The molecule has 1 aliphatic rings. The third kappa shape index (κ3) is 3.07. The molecule has 1 aromatic rings. The van der Waals surface area contributed by atoms with Crippen molar-refractivity contribution in [3.05, 3.63) is 29.3 Å². The maximum Gasteiger partial charge on any atom is 0.225 e. The highest BCUT2D eigenvalue weighted by molar-refractivity contribution is 5.92. The number of anilines is 1. The monoisotopic (exact) mass is 232 g/mol. The van der Waals surface area contributed by atoms with Gasteiger partial charge < -0.3 is 11.1 Å². The second-order valence-corrected chi connectivity index (χ2v) is 5.00. The number of hydrogen-bond acceptors (Lipinski definition) is 2. The lowest BCUT2D eigenvalue weighted by Crippen LogP contribution is -2.29. The number of carbonyl (C=O) groups excluding carboxylic acids is 1. The van der Waals surface area contributed by atoms with Gasteiger partial charge in [0.25, 0.3) is 0 Å². The molecule has 1 amide bonds. The number of carbonyl (C=O) groups is 1. The fourth-order valence-electron chi connectivity index (χ4n) is 1.99. The van der Waals surface area contributed by atoms with Crippen molar-refractivity contribution in [1.82, 2.24) is 0 Å². The van der Waals surface area contributed by atoms with Crippen molar-refractivity contribution in [3.8, 4) is 0 Å². The quantitative estimate of drug-likeness (QED) is 0.837. The highest BCUT2D eigenvalue weighted by Crippen LogP contribution is 2.32. The second-order valence-electron chi connectivity index (χ2n) is 5.00. The fraction of sp³-hybridized carbons (Fsp3) is 0.500. The average molecular weight is 232 g/mol. The van der Waals surface area contributed by atoms with Crippen LogP contribution in [-0.4, -0.2) is 11.9 Å². The standard InChI is InChI=1S/C14H20N2O/c1-9-4-3-5-13(10(9)2)16-14(17)8-12(15)11-6-7-11/h3-5,11-12H,6-8,15H2,1-2H3,(H,16,17). The first kappa shape index (κ1) is 12.1. The molecule has 3 N–H and O–H groups in total. The normalized spacial score (nSPS) is 16.6. The molecule has 0 aliphatic heterocycles. The maximum absolute atomic E-state index is 11.8. The Bertz CT molecular complexity index is 424. The molecule has 1 unspecified atom stereocenters. The van der Waals surface area contributed by atoms with Crippen LogP contribution in [0.3, 0.4) is 0 Å². The summed E-state index contributed by atoms with van der Waals surface area (Å²) in [7, 11) is 0. The zero-order valence-electron chi connectivity index (χ0n) is 10.5. The Morgan fingerprint density at radius 3 is 2.82 bits per heavy atom. The van der Waals surface area contributed by atoms with Crippen LogP contribution in [0.25, 0.3) is 0 Å². The van der Waals surface area contributed by atoms with Gasteiger partial charge in [-0.15, -0.1) is 0 Å². The van der Waals surface area contributed by atoms with E-state index in [1.54, 1.807) is 0 Å². The summed E-state index contributed by atoms with van der Waals surface area (Å²) in [5, 5.41) is 2.95. The van der Waals surface area contributed by atoms with Gasteiger partial charge in [-0.25, -0.2) is 0 Å². The van der Waals surface area contributed by atoms with Gasteiger partial charge in [-0.3, -0.25) is 4.79 Å². The van der Waals surface area contributed by atoms with E-state index in [0.29, 0.717) is 12.3 Å². The van der Waals surface area contributed by atoms with Crippen LogP contribution in [0, 0.1) is 19.8 Å². The summed E-state index contributed by atoms with van der Waals surface area (Å²) in [6, 6.07) is 5.96. The van der Waals surface area contributed by atoms with Crippen molar-refractivity contribution in [2.24, 2.45) is 11.7 Å². The number of rotatable bonds is 4. The zero-order chi connectivity index (χ0) is 12.4. The number of amides is 1. The lowest BCUT2D eigenvalue weighted by molar-refractivity contribution is -0.116. The Labute approximate surface area is 102 Å². The van der Waals surface area contributed by atoms with Crippen molar-refractivity contribution in [2.75, 3.05) is 5.32 Å². The molecule has 0 saturated heterocycles. The first-order chi connectivity index (χ1) is 8.08. The van der Waals surface area contributed by atoms with Crippen molar-refractivity contribution >= 4 is 11.6 Å². The summed E-state index contributed by atoms with van der Waals surface area (Å²) in [6.45, 7) is 4.06. The minimum atomic E-state index is 0.0260. The Morgan fingerprint density at radius 2 is 2.18 bits per heavy atom. The summed E-state index contributed by atoms with van der Waals surface area (Å²) in [4.78, 5) is 11.8. The lowest BCUT2D eigenvalue weighted by atomic mass is 10.1. The topological polar surface area (TPSA) is 55.1 Å². The third-order valence-corrected chi connectivity index (χ3v) is 3.53. The molecular weight excluding hydrogens is 212 g/mol. The molecule has 0 aromatic heterocycles. The van der Waals surface area contributed by atoms with Gasteiger partial charge in [-0.05, 0) is 49.8 Å². The Balaban J connectivity index is 1.95. The van der Waals surface area contributed by atoms with E-state index in [4.69, 9.17) is 5.73 Å². The smallest absolute Gasteiger partial charge is 0.225 e. The van der Waals surface area contributed by atoms with Crippen LogP contribution >= 0.6 is 0 Å². The van der Waals surface area contributed by atoms with E-state index in [2.05, 4.69) is 5.32 Å². The van der Waals surface area contributed by atoms with Gasteiger partial charge in [0.15, 0.2) is 0 Å². The van der Waals surface area contributed by atoms with E-state index in [0.717, 1.165) is 11.3 Å². The molecule has 0 bridgehead atoms. The van der Waals surface area contributed by atoms with Gasteiger partial charge in [0.05, 0.1) is 0 Å². The Kier molecular flexibility index (Phi) is 3.48. The molecule has 0 heterocycles. The molecule has 17 heavy (non-hydrogen) atoms. The highest BCUT2D eigenvalue weighted by atomic mass is 16.1. The minimum Gasteiger partial charge on any atom is -0.327 e. The maximum atomic E-state index is 11.8. The second kappa shape index (κ2) is 4.88. The molecule has 1 aromatic carbocycles. The van der Waals surface area contributed by atoms with Crippen LogP contribution in [0.2, 0.25) is 0 Å². The van der Waals surface area contributed by atoms with E-state index < -0.39 is 0 Å². The number of nitrogens with one attached hydrogen (secondary N) is 1. The number of hydrogen-bond donors (Lipinski definition) is 2. The van der Waals surface area contributed by atoms with E-state index in [1.165, 1.54) is 18.4 Å². The largest absolute Gasteiger partial charge is 0.327 e. The SMILES string of the molecule is Cc1cccc(NC(=O)CC(N)C2CC2)c1C. The van der Waals surface area contributed by atoms with E-state index in [-0.39, 0.29) is 11.9 Å². The number of nitrogens with two attached hydrogens (primary N) is 1. The van der Waals surface area contributed by atoms with Crippen LogP contribution in [0.15, 0.2) is 18.2 Å². The van der Waals surface area contributed by atoms with E-state index in [1.807, 2.05) is 32.0 Å². The molecule has 1 fully saturated rings. The molecule has 1 atom stereocenters. The average Bonchev–Trinajstić information content (AvgIpc) is 3.08. The summed E-state index contributed by atoms with van der Waals surface area (Å²) < 4.78 is 0. The van der Waals surface area contributed by atoms with Gasteiger partial charge in [0.2, 0.25) is 5.91 Å². The van der Waals surface area contributed by atoms with Crippen molar-refractivity contribution in [3.63, 3.8) is 0 Å². The van der Waals surface area contributed by atoms with Gasteiger partial charge in [0, 0.05) is 18.2 Å². The third-order valence-electron chi connectivity index (χ3n) is 3.53. The van der Waals surface area contributed by atoms with E-state index >= 15 is 0 Å². The molecule has 0 radical (unpaired) electrons. The summed E-state index contributed by atoms with van der Waals surface area (Å²) >= 11 is 0. The van der Waals surface area contributed by atoms with Gasteiger partial charge in [-0.1, -0.05) is 12.1 Å². The Hall–Kier alpha value is -1.35. The summed E-state index contributed by atoms with van der Waals surface area (Å²) in [5.74, 6) is 0.595. The highest BCUT2D eigenvalue weighted by Gasteiger charge is 2.29. The minimum absolute atomic E-state index is 0.0260. The molecule has 3 nitrogen and oxygen atoms in total. The van der Waals surface area contributed by atoms with Crippen LogP contribution < -0.4 is 11.1 Å². The fourth-order valence-corrected chi connectivity index (χ4v) is 1.99. The first-order valence-corrected chi connectivity index (χ1v) is 6.19. The van der Waals surface area contributed by atoms with Crippen LogP contribution in [-0.2, 0) is 4.79 Å². The molecule has 1 aliphatic carbocycles. The molecule has 2 rings (SSSR count). The van der Waals surface area contributed by atoms with Crippen molar-refractivity contribution in [1.29, 1.82) is 0 Å². The lowest BCUT2D eigenvalue weighted by Gasteiger charge is -2.13. The number of benzene rings is 1. The molecule has 92 valence electrons. The van der Waals surface area contributed by atoms with Crippen molar-refractivity contribution in [2.45, 2.75) is 39.2 Å². The summed E-state index contributed by atoms with van der Waals surface area (Å²) in [5.41, 5.74) is 9.16. The molecule has 0 spiro atoms. The van der Waals surface area contributed by atoms with Gasteiger partial charge in [0.1, 0.15) is 0 Å².